The minimum absolute atomic E-state index is 0.364. The average molecular weight is 280 g/mol. The molecule has 0 spiro atoms. The third-order valence-corrected chi connectivity index (χ3v) is 4.21. The van der Waals surface area contributed by atoms with Crippen molar-refractivity contribution in [2.75, 3.05) is 6.54 Å². The Morgan fingerprint density at radius 2 is 2.26 bits per heavy atom. The van der Waals surface area contributed by atoms with Crippen molar-refractivity contribution in [2.45, 2.75) is 25.3 Å². The molecule has 1 fully saturated rings. The van der Waals surface area contributed by atoms with Crippen LogP contribution in [0.4, 0.5) is 8.78 Å². The number of aromatic nitrogens is 1. The van der Waals surface area contributed by atoms with Gasteiger partial charge in [-0.2, -0.15) is 0 Å². The molecule has 2 nitrogen and oxygen atoms in total. The highest BCUT2D eigenvalue weighted by atomic mass is 32.1. The van der Waals surface area contributed by atoms with Crippen molar-refractivity contribution in [1.82, 2.24) is 10.3 Å². The zero-order valence-electron chi connectivity index (χ0n) is 10.3. The molecule has 5 heteroatoms. The van der Waals surface area contributed by atoms with Gasteiger partial charge in [0.05, 0.1) is 10.7 Å². The van der Waals surface area contributed by atoms with Crippen molar-refractivity contribution in [3.8, 4) is 11.3 Å². The molecule has 2 heterocycles. The Hall–Kier alpha value is -1.33. The highest BCUT2D eigenvalue weighted by molar-refractivity contribution is 7.09. The Morgan fingerprint density at radius 3 is 3.00 bits per heavy atom. The quantitative estimate of drug-likeness (QED) is 0.932. The van der Waals surface area contributed by atoms with Crippen LogP contribution >= 0.6 is 11.3 Å². The summed E-state index contributed by atoms with van der Waals surface area (Å²) in [6.07, 6.45) is 3.25. The maximum absolute atomic E-state index is 13.7. The number of nitrogens with zero attached hydrogens (tertiary/aromatic N) is 1. The number of hydrogen-bond acceptors (Lipinski definition) is 3. The molecule has 1 aromatic carbocycles. The predicted molar refractivity (Wildman–Crippen MR) is 72.2 cm³/mol. The van der Waals surface area contributed by atoms with Crippen LogP contribution in [0.3, 0.4) is 0 Å². The first-order valence-corrected chi connectivity index (χ1v) is 7.23. The molecular formula is C14H14F2N2S. The molecule has 19 heavy (non-hydrogen) atoms. The molecule has 1 N–H and O–H groups in total. The van der Waals surface area contributed by atoms with Crippen molar-refractivity contribution in [2.24, 2.45) is 0 Å². The lowest BCUT2D eigenvalue weighted by Gasteiger charge is -2.06. The van der Waals surface area contributed by atoms with E-state index in [0.717, 1.165) is 24.0 Å². The summed E-state index contributed by atoms with van der Waals surface area (Å²) in [7, 11) is 0. The van der Waals surface area contributed by atoms with E-state index in [-0.39, 0.29) is 0 Å². The van der Waals surface area contributed by atoms with Gasteiger partial charge in [-0.05, 0) is 31.5 Å². The van der Waals surface area contributed by atoms with E-state index in [1.54, 1.807) is 0 Å². The van der Waals surface area contributed by atoms with E-state index in [1.807, 2.05) is 5.38 Å². The van der Waals surface area contributed by atoms with Gasteiger partial charge < -0.3 is 5.32 Å². The number of nitrogens with one attached hydrogen (secondary N) is 1. The van der Waals surface area contributed by atoms with Crippen LogP contribution in [-0.2, 0) is 6.42 Å². The van der Waals surface area contributed by atoms with Crippen molar-refractivity contribution >= 4 is 11.3 Å². The highest BCUT2D eigenvalue weighted by Gasteiger charge is 2.17. The van der Waals surface area contributed by atoms with E-state index < -0.39 is 11.6 Å². The van der Waals surface area contributed by atoms with Gasteiger partial charge >= 0.3 is 0 Å². The molecule has 2 aromatic rings. The summed E-state index contributed by atoms with van der Waals surface area (Å²) in [4.78, 5) is 4.45. The summed E-state index contributed by atoms with van der Waals surface area (Å²) in [5.74, 6) is -1.12. The Morgan fingerprint density at radius 1 is 1.37 bits per heavy atom. The molecule has 0 amide bonds. The van der Waals surface area contributed by atoms with Crippen molar-refractivity contribution < 1.29 is 8.78 Å². The van der Waals surface area contributed by atoms with E-state index in [1.165, 1.54) is 36.3 Å². The second kappa shape index (κ2) is 5.35. The van der Waals surface area contributed by atoms with Gasteiger partial charge in [-0.3, -0.25) is 0 Å². The second-order valence-corrected chi connectivity index (χ2v) is 5.69. The van der Waals surface area contributed by atoms with Gasteiger partial charge in [-0.25, -0.2) is 13.8 Å². The first-order valence-electron chi connectivity index (χ1n) is 6.35. The van der Waals surface area contributed by atoms with E-state index >= 15 is 0 Å². The summed E-state index contributed by atoms with van der Waals surface area (Å²) < 4.78 is 26.5. The van der Waals surface area contributed by atoms with Crippen molar-refractivity contribution in [3.05, 3.63) is 40.2 Å². The maximum Gasteiger partial charge on any atom is 0.135 e. The molecule has 1 atom stereocenters. The number of rotatable bonds is 3. The Bertz CT molecular complexity index is 577. The van der Waals surface area contributed by atoms with Crippen LogP contribution in [0.25, 0.3) is 11.3 Å². The van der Waals surface area contributed by atoms with Gasteiger partial charge in [-0.1, -0.05) is 0 Å². The van der Waals surface area contributed by atoms with E-state index in [4.69, 9.17) is 0 Å². The lowest BCUT2D eigenvalue weighted by Crippen LogP contribution is -2.23. The molecule has 1 aliphatic heterocycles. The predicted octanol–water partition coefficient (Wildman–Crippen LogP) is 3.38. The van der Waals surface area contributed by atoms with E-state index in [9.17, 15) is 8.78 Å². The maximum atomic E-state index is 13.7. The van der Waals surface area contributed by atoms with Crippen LogP contribution in [0.15, 0.2) is 23.6 Å². The van der Waals surface area contributed by atoms with Crippen LogP contribution < -0.4 is 5.32 Å². The zero-order valence-corrected chi connectivity index (χ0v) is 11.1. The smallest absolute Gasteiger partial charge is 0.135 e. The summed E-state index contributed by atoms with van der Waals surface area (Å²) in [5, 5.41) is 6.25. The number of hydrogen-bond donors (Lipinski definition) is 1. The third kappa shape index (κ3) is 2.82. The molecule has 1 unspecified atom stereocenters. The van der Waals surface area contributed by atoms with Crippen LogP contribution in [0.1, 0.15) is 17.8 Å². The normalized spacial score (nSPS) is 18.9. The molecule has 1 aliphatic rings. The van der Waals surface area contributed by atoms with Crippen LogP contribution in [0.2, 0.25) is 0 Å². The van der Waals surface area contributed by atoms with Crippen LogP contribution in [-0.4, -0.2) is 17.6 Å². The molecule has 100 valence electrons. The summed E-state index contributed by atoms with van der Waals surface area (Å²) in [6.45, 7) is 1.06. The van der Waals surface area contributed by atoms with Gasteiger partial charge in [0.1, 0.15) is 11.6 Å². The van der Waals surface area contributed by atoms with Gasteiger partial charge in [0.15, 0.2) is 0 Å². The number of benzene rings is 1. The van der Waals surface area contributed by atoms with Gasteiger partial charge in [-0.15, -0.1) is 11.3 Å². The second-order valence-electron chi connectivity index (χ2n) is 4.75. The van der Waals surface area contributed by atoms with Crippen molar-refractivity contribution in [3.63, 3.8) is 0 Å². The molecule has 0 saturated carbocycles. The number of thiazole rings is 1. The van der Waals surface area contributed by atoms with Crippen molar-refractivity contribution in [1.29, 1.82) is 0 Å². The first kappa shape index (κ1) is 12.7. The Kier molecular flexibility index (Phi) is 3.57. The van der Waals surface area contributed by atoms with E-state index in [2.05, 4.69) is 10.3 Å². The summed E-state index contributed by atoms with van der Waals surface area (Å²) in [5.41, 5.74) is 0.957. The van der Waals surface area contributed by atoms with Crippen LogP contribution in [0, 0.1) is 11.6 Å². The topological polar surface area (TPSA) is 24.9 Å². The number of halogens is 2. The fraction of sp³-hybridized carbons (Fsp3) is 0.357. The van der Waals surface area contributed by atoms with Gasteiger partial charge in [0.2, 0.25) is 0 Å². The van der Waals surface area contributed by atoms with Gasteiger partial charge in [0.25, 0.3) is 0 Å². The standard InChI is InChI=1S/C14H14F2N2S/c15-9-3-4-11(12(16)6-9)13-8-19-14(18-13)7-10-2-1-5-17-10/h3-4,6,8,10,17H,1-2,5,7H2. The third-order valence-electron chi connectivity index (χ3n) is 3.34. The first-order chi connectivity index (χ1) is 9.22. The fourth-order valence-corrected chi connectivity index (χ4v) is 3.24. The molecule has 1 saturated heterocycles. The molecule has 1 aromatic heterocycles. The zero-order chi connectivity index (χ0) is 13.2. The minimum Gasteiger partial charge on any atom is -0.314 e. The van der Waals surface area contributed by atoms with Gasteiger partial charge in [0, 0.05) is 29.5 Å². The largest absolute Gasteiger partial charge is 0.314 e. The molecule has 3 rings (SSSR count). The van der Waals surface area contributed by atoms with E-state index in [0.29, 0.717) is 17.3 Å². The molecular weight excluding hydrogens is 266 g/mol. The molecule has 0 radical (unpaired) electrons. The fourth-order valence-electron chi connectivity index (χ4n) is 2.37. The molecule has 0 aliphatic carbocycles. The summed E-state index contributed by atoms with van der Waals surface area (Å²) in [6, 6.07) is 4.08. The SMILES string of the molecule is Fc1ccc(-c2csc(CC3CCCN3)n2)c(F)c1. The highest BCUT2D eigenvalue weighted by Crippen LogP contribution is 2.26. The lowest BCUT2D eigenvalue weighted by atomic mass is 10.1. The molecule has 0 bridgehead atoms. The Labute approximate surface area is 114 Å². The monoisotopic (exact) mass is 280 g/mol. The summed E-state index contributed by atoms with van der Waals surface area (Å²) >= 11 is 1.53. The Balaban J connectivity index is 1.80. The minimum atomic E-state index is -0.563. The average Bonchev–Trinajstić information content (AvgIpc) is 3.01. The lowest BCUT2D eigenvalue weighted by molar-refractivity contribution is 0.585. The van der Waals surface area contributed by atoms with Crippen LogP contribution in [0.5, 0.6) is 0 Å².